The van der Waals surface area contributed by atoms with Gasteiger partial charge in [-0.25, -0.2) is 0 Å². The number of hydrogen-bond donors (Lipinski definition) is 0. The molecule has 2 rings (SSSR count). The Morgan fingerprint density at radius 1 is 1.18 bits per heavy atom. The third-order valence-corrected chi connectivity index (χ3v) is 3.59. The molecule has 0 N–H and O–H groups in total. The van der Waals surface area contributed by atoms with Crippen molar-refractivity contribution in [1.29, 1.82) is 0 Å². The van der Waals surface area contributed by atoms with Crippen LogP contribution in [0.5, 0.6) is 0 Å². The summed E-state index contributed by atoms with van der Waals surface area (Å²) in [6.07, 6.45) is 6.67. The van der Waals surface area contributed by atoms with Gasteiger partial charge in [-0.2, -0.15) is 0 Å². The Labute approximate surface area is 113 Å². The molecule has 1 aromatic carbocycles. The maximum Gasteiger partial charge on any atom is 1.00 e. The highest BCUT2D eigenvalue weighted by molar-refractivity contribution is 5.16. The Morgan fingerprint density at radius 3 is 2.41 bits per heavy atom. The molecule has 0 saturated carbocycles. The Balaban J connectivity index is 0.00000144. The monoisotopic (exact) mass is 253 g/mol. The van der Waals surface area contributed by atoms with Crippen molar-refractivity contribution >= 4 is 0 Å². The van der Waals surface area contributed by atoms with Crippen LogP contribution >= 0.6 is 0 Å². The lowest BCUT2D eigenvalue weighted by atomic mass is 10.0. The summed E-state index contributed by atoms with van der Waals surface area (Å²) < 4.78 is 0. The summed E-state index contributed by atoms with van der Waals surface area (Å²) in [5.41, 5.74) is 1.49. The standard InChI is InChI=1S/C15H23N.ClH/c1-2-8-15(16-11-6-7-12-16)13-14-9-4-3-5-10-14;/h3-5,9-10,15H,2,6-8,11-13H2,1H3;1H. The van der Waals surface area contributed by atoms with Crippen LogP contribution in [0, 0.1) is 0 Å². The van der Waals surface area contributed by atoms with E-state index in [4.69, 9.17) is 0 Å². The zero-order chi connectivity index (χ0) is 11.2. The maximum absolute atomic E-state index is 2.69. The maximum atomic E-state index is 2.69. The van der Waals surface area contributed by atoms with Crippen LogP contribution in [0.1, 0.15) is 39.6 Å². The molecule has 17 heavy (non-hydrogen) atoms. The van der Waals surface area contributed by atoms with Crippen LogP contribution < -0.4 is 12.4 Å². The van der Waals surface area contributed by atoms with Crippen molar-refractivity contribution in [2.75, 3.05) is 13.1 Å². The molecule has 1 fully saturated rings. The van der Waals surface area contributed by atoms with Gasteiger partial charge in [0.1, 0.15) is 0 Å². The third-order valence-electron chi connectivity index (χ3n) is 3.59. The van der Waals surface area contributed by atoms with Crippen molar-refractivity contribution in [1.82, 2.24) is 4.90 Å². The van der Waals surface area contributed by atoms with Crippen LogP contribution in [0.15, 0.2) is 30.3 Å². The molecule has 0 amide bonds. The highest BCUT2D eigenvalue weighted by Crippen LogP contribution is 2.19. The van der Waals surface area contributed by atoms with Crippen molar-refractivity contribution in [3.05, 3.63) is 35.9 Å². The first kappa shape index (κ1) is 14.5. The second-order valence-corrected chi connectivity index (χ2v) is 4.88. The van der Waals surface area contributed by atoms with E-state index in [0.29, 0.717) is 0 Å². The van der Waals surface area contributed by atoms with Gasteiger partial charge in [0.05, 0.1) is 0 Å². The van der Waals surface area contributed by atoms with Gasteiger partial charge >= 0.3 is 1.43 Å². The molecular weight excluding hydrogens is 230 g/mol. The molecule has 1 nitrogen and oxygen atoms in total. The minimum absolute atomic E-state index is 0. The average molecular weight is 254 g/mol. The number of nitrogens with zero attached hydrogens (tertiary/aromatic N) is 1. The molecule has 1 atom stereocenters. The highest BCUT2D eigenvalue weighted by Gasteiger charge is 2.21. The lowest BCUT2D eigenvalue weighted by molar-refractivity contribution is -0.00000349. The summed E-state index contributed by atoms with van der Waals surface area (Å²) in [4.78, 5) is 2.69. The fourth-order valence-electron chi connectivity index (χ4n) is 2.74. The van der Waals surface area contributed by atoms with Gasteiger partial charge in [-0.1, -0.05) is 43.7 Å². The molecule has 0 aromatic heterocycles. The fourth-order valence-corrected chi connectivity index (χ4v) is 2.74. The van der Waals surface area contributed by atoms with E-state index in [-0.39, 0.29) is 13.8 Å². The first-order valence-corrected chi connectivity index (χ1v) is 6.68. The van der Waals surface area contributed by atoms with Crippen LogP contribution in [0.2, 0.25) is 0 Å². The zero-order valence-electron chi connectivity index (χ0n) is 11.7. The first-order chi connectivity index (χ1) is 7.90. The summed E-state index contributed by atoms with van der Waals surface area (Å²) in [7, 11) is 0. The number of hydrogen-bond acceptors (Lipinski definition) is 1. The van der Waals surface area contributed by atoms with Gasteiger partial charge in [0.15, 0.2) is 0 Å². The largest absolute Gasteiger partial charge is 1.00 e. The van der Waals surface area contributed by atoms with E-state index in [2.05, 4.69) is 42.2 Å². The molecule has 1 unspecified atom stereocenters. The molecule has 1 aliphatic rings. The summed E-state index contributed by atoms with van der Waals surface area (Å²) in [5, 5.41) is 0. The minimum Gasteiger partial charge on any atom is -1.00 e. The molecule has 0 aliphatic carbocycles. The molecule has 1 heterocycles. The van der Waals surface area contributed by atoms with E-state index in [1.807, 2.05) is 0 Å². The smallest absolute Gasteiger partial charge is 1.00 e. The lowest BCUT2D eigenvalue weighted by Gasteiger charge is -2.27. The molecular formula is C15H24ClN. The Morgan fingerprint density at radius 2 is 1.82 bits per heavy atom. The van der Waals surface area contributed by atoms with Crippen molar-refractivity contribution in [2.24, 2.45) is 0 Å². The number of likely N-dealkylation sites (tertiary alicyclic amines) is 1. The van der Waals surface area contributed by atoms with Gasteiger partial charge in [-0.15, -0.1) is 0 Å². The Bertz CT molecular complexity index is 299. The molecule has 1 saturated heterocycles. The van der Waals surface area contributed by atoms with Crippen LogP contribution in [0.25, 0.3) is 0 Å². The SMILES string of the molecule is CCCC(Cc1ccccc1)N1CCCC1.[Cl-].[H+]. The van der Waals surface area contributed by atoms with E-state index in [0.717, 1.165) is 6.04 Å². The summed E-state index contributed by atoms with van der Waals surface area (Å²) in [6, 6.07) is 11.7. The number of halogens is 1. The normalized spacial score (nSPS) is 17.7. The van der Waals surface area contributed by atoms with Crippen LogP contribution in [0.3, 0.4) is 0 Å². The lowest BCUT2D eigenvalue weighted by Crippen LogP contribution is -3.00. The molecule has 0 spiro atoms. The quantitative estimate of drug-likeness (QED) is 0.744. The topological polar surface area (TPSA) is 3.24 Å². The van der Waals surface area contributed by atoms with Gasteiger partial charge in [-0.05, 0) is 44.3 Å². The molecule has 1 aromatic rings. The van der Waals surface area contributed by atoms with E-state index in [1.165, 1.54) is 50.8 Å². The zero-order valence-corrected chi connectivity index (χ0v) is 11.5. The average Bonchev–Trinajstić information content (AvgIpc) is 2.83. The second-order valence-electron chi connectivity index (χ2n) is 4.88. The van der Waals surface area contributed by atoms with Crippen molar-refractivity contribution < 1.29 is 13.8 Å². The third kappa shape index (κ3) is 4.33. The Kier molecular flexibility index (Phi) is 6.61. The van der Waals surface area contributed by atoms with Crippen molar-refractivity contribution in [3.8, 4) is 0 Å². The predicted molar refractivity (Wildman–Crippen MR) is 70.8 cm³/mol. The van der Waals surface area contributed by atoms with Crippen LogP contribution in [-0.4, -0.2) is 24.0 Å². The molecule has 96 valence electrons. The van der Waals surface area contributed by atoms with Gasteiger partial charge in [-0.3, -0.25) is 0 Å². The van der Waals surface area contributed by atoms with Gasteiger partial charge < -0.3 is 17.3 Å². The molecule has 0 radical (unpaired) electrons. The van der Waals surface area contributed by atoms with E-state index in [9.17, 15) is 0 Å². The van der Waals surface area contributed by atoms with Gasteiger partial charge in [0, 0.05) is 6.04 Å². The molecule has 1 aliphatic heterocycles. The Hall–Kier alpha value is -0.530. The molecule has 0 bridgehead atoms. The minimum atomic E-state index is 0. The van der Waals surface area contributed by atoms with E-state index in [1.54, 1.807) is 0 Å². The van der Waals surface area contributed by atoms with Gasteiger partial charge in [0.25, 0.3) is 0 Å². The molecule has 2 heteroatoms. The van der Waals surface area contributed by atoms with E-state index >= 15 is 0 Å². The van der Waals surface area contributed by atoms with Gasteiger partial charge in [0.2, 0.25) is 0 Å². The summed E-state index contributed by atoms with van der Waals surface area (Å²) >= 11 is 0. The summed E-state index contributed by atoms with van der Waals surface area (Å²) in [6.45, 7) is 4.93. The first-order valence-electron chi connectivity index (χ1n) is 6.68. The summed E-state index contributed by atoms with van der Waals surface area (Å²) in [5.74, 6) is 0. The van der Waals surface area contributed by atoms with Crippen molar-refractivity contribution in [3.63, 3.8) is 0 Å². The highest BCUT2D eigenvalue weighted by atomic mass is 35.5. The van der Waals surface area contributed by atoms with Crippen LogP contribution in [0.4, 0.5) is 0 Å². The van der Waals surface area contributed by atoms with Crippen LogP contribution in [-0.2, 0) is 6.42 Å². The second kappa shape index (κ2) is 7.73. The predicted octanol–water partition coefficient (Wildman–Crippen LogP) is 0.610. The fraction of sp³-hybridized carbons (Fsp3) is 0.600. The number of benzene rings is 1. The van der Waals surface area contributed by atoms with E-state index < -0.39 is 0 Å². The number of rotatable bonds is 5. The van der Waals surface area contributed by atoms with Crippen molar-refractivity contribution in [2.45, 2.75) is 45.1 Å².